The van der Waals surface area contributed by atoms with Crippen LogP contribution in [0.25, 0.3) is 0 Å². The van der Waals surface area contributed by atoms with Crippen LogP contribution in [0.2, 0.25) is 0 Å². The van der Waals surface area contributed by atoms with Crippen LogP contribution in [-0.2, 0) is 14.9 Å². The Balaban J connectivity index is 1.39. The van der Waals surface area contributed by atoms with E-state index in [1.165, 1.54) is 18.4 Å². The molecule has 1 amide bonds. The highest BCUT2D eigenvalue weighted by atomic mass is 16.5. The number of hydrogen-bond acceptors (Lipinski definition) is 3. The summed E-state index contributed by atoms with van der Waals surface area (Å²) in [6.45, 7) is 3.67. The number of amides is 1. The van der Waals surface area contributed by atoms with E-state index >= 15 is 0 Å². The van der Waals surface area contributed by atoms with Crippen molar-refractivity contribution in [1.82, 2.24) is 5.32 Å². The highest BCUT2D eigenvalue weighted by Gasteiger charge is 2.64. The van der Waals surface area contributed by atoms with Crippen molar-refractivity contribution in [1.29, 1.82) is 0 Å². The van der Waals surface area contributed by atoms with E-state index in [-0.39, 0.29) is 10.8 Å². The minimum Gasteiger partial charge on any atom is -0.378 e. The van der Waals surface area contributed by atoms with Crippen LogP contribution in [0, 0.1) is 23.2 Å². The van der Waals surface area contributed by atoms with Gasteiger partial charge >= 0.3 is 0 Å². The van der Waals surface area contributed by atoms with Gasteiger partial charge in [-0.25, -0.2) is 0 Å². The number of nitrogens with one attached hydrogen (secondary N) is 1. The summed E-state index contributed by atoms with van der Waals surface area (Å²) in [5.41, 5.74) is 7.24. The fourth-order valence-corrected chi connectivity index (χ4v) is 7.85. The monoisotopic (exact) mass is 410 g/mol. The first-order chi connectivity index (χ1) is 14.6. The van der Waals surface area contributed by atoms with Crippen LogP contribution >= 0.6 is 0 Å². The summed E-state index contributed by atoms with van der Waals surface area (Å²) in [4.78, 5) is 13.8. The fourth-order valence-electron chi connectivity index (χ4n) is 7.85. The molecule has 5 aliphatic carbocycles. The average Bonchev–Trinajstić information content (AvgIpc) is 2.77. The minimum atomic E-state index is -0.208. The summed E-state index contributed by atoms with van der Waals surface area (Å²) in [7, 11) is 0. The third kappa shape index (κ3) is 3.40. The first-order valence-corrected chi connectivity index (χ1v) is 12.3. The molecule has 164 valence electrons. The maximum absolute atomic E-state index is 13.8. The Morgan fingerprint density at radius 2 is 1.73 bits per heavy atom. The largest absolute Gasteiger partial charge is 0.378 e. The molecule has 0 aliphatic heterocycles. The Kier molecular flexibility index (Phi) is 5.43. The third-order valence-electron chi connectivity index (χ3n) is 8.96. The fraction of sp³-hybridized carbons (Fsp3) is 0.731. The van der Waals surface area contributed by atoms with Gasteiger partial charge < -0.3 is 15.8 Å². The maximum Gasteiger partial charge on any atom is 0.226 e. The molecule has 30 heavy (non-hydrogen) atoms. The van der Waals surface area contributed by atoms with E-state index in [9.17, 15) is 4.79 Å². The number of carbonyl (C=O) groups excluding carboxylic acids is 1. The average molecular weight is 411 g/mol. The van der Waals surface area contributed by atoms with Crippen molar-refractivity contribution in [2.24, 2.45) is 28.9 Å². The molecule has 6 rings (SSSR count). The van der Waals surface area contributed by atoms with E-state index in [2.05, 4.69) is 42.6 Å². The van der Waals surface area contributed by atoms with Gasteiger partial charge in [-0.2, -0.15) is 0 Å². The third-order valence-corrected chi connectivity index (χ3v) is 8.96. The predicted octanol–water partition coefficient (Wildman–Crippen LogP) is 4.17. The van der Waals surface area contributed by atoms with Gasteiger partial charge in [-0.3, -0.25) is 4.79 Å². The van der Waals surface area contributed by atoms with Crippen LogP contribution in [0.4, 0.5) is 0 Å². The highest BCUT2D eigenvalue weighted by molar-refractivity contribution is 5.84. The van der Waals surface area contributed by atoms with Gasteiger partial charge in [-0.05, 0) is 100.0 Å². The smallest absolute Gasteiger partial charge is 0.226 e. The lowest BCUT2D eigenvalue weighted by molar-refractivity contribution is -0.179. The molecule has 4 heteroatoms. The number of rotatable bonds is 6. The molecular weight excluding hydrogens is 372 g/mol. The van der Waals surface area contributed by atoms with E-state index in [0.29, 0.717) is 35.8 Å². The van der Waals surface area contributed by atoms with E-state index < -0.39 is 0 Å². The normalized spacial score (nSPS) is 42.3. The number of ether oxygens (including phenoxy) is 1. The van der Waals surface area contributed by atoms with Crippen LogP contribution in [0.3, 0.4) is 0 Å². The Bertz CT molecular complexity index is 740. The van der Waals surface area contributed by atoms with Crippen LogP contribution < -0.4 is 11.1 Å². The van der Waals surface area contributed by atoms with Gasteiger partial charge in [0.1, 0.15) is 0 Å². The van der Waals surface area contributed by atoms with Crippen molar-refractivity contribution in [2.45, 2.75) is 82.3 Å². The second kappa shape index (κ2) is 7.94. The molecule has 4 nitrogen and oxygen atoms in total. The summed E-state index contributed by atoms with van der Waals surface area (Å²) in [6.07, 6.45) is 10.2. The lowest BCUT2D eigenvalue weighted by Gasteiger charge is -2.64. The topological polar surface area (TPSA) is 64.3 Å². The molecule has 0 heterocycles. The molecule has 4 bridgehead atoms. The van der Waals surface area contributed by atoms with Crippen LogP contribution in [0.1, 0.15) is 70.3 Å². The van der Waals surface area contributed by atoms with Crippen molar-refractivity contribution < 1.29 is 9.53 Å². The first kappa shape index (κ1) is 20.5. The number of nitrogens with two attached hydrogens (primary N) is 1. The SMILES string of the molecule is CCOC1C2CC3(C(=O)NC4CCC(CN)CC4)CC1CC(c1ccccc1)(C2)C3. The predicted molar refractivity (Wildman–Crippen MR) is 119 cm³/mol. The molecule has 3 N–H and O–H groups in total. The molecule has 5 fully saturated rings. The van der Waals surface area contributed by atoms with Gasteiger partial charge in [-0.15, -0.1) is 0 Å². The van der Waals surface area contributed by atoms with Gasteiger partial charge in [-0.1, -0.05) is 30.3 Å². The van der Waals surface area contributed by atoms with Gasteiger partial charge in [0.15, 0.2) is 0 Å². The van der Waals surface area contributed by atoms with Gasteiger partial charge in [0.2, 0.25) is 5.91 Å². The lowest BCUT2D eigenvalue weighted by Crippen LogP contribution is -2.64. The van der Waals surface area contributed by atoms with Crippen molar-refractivity contribution in [3.05, 3.63) is 35.9 Å². The van der Waals surface area contributed by atoms with Gasteiger partial charge in [0, 0.05) is 12.6 Å². The second-order valence-electron chi connectivity index (χ2n) is 10.8. The molecule has 5 aliphatic rings. The van der Waals surface area contributed by atoms with E-state index in [1.54, 1.807) is 0 Å². The van der Waals surface area contributed by atoms with Gasteiger partial charge in [0.05, 0.1) is 11.5 Å². The zero-order valence-corrected chi connectivity index (χ0v) is 18.4. The summed E-state index contributed by atoms with van der Waals surface area (Å²) in [5.74, 6) is 1.99. The van der Waals surface area contributed by atoms with Crippen LogP contribution in [-0.4, -0.2) is 31.2 Å². The number of hydrogen-bond donors (Lipinski definition) is 2. The zero-order chi connectivity index (χ0) is 20.8. The molecule has 5 saturated carbocycles. The molecule has 1 aromatic rings. The van der Waals surface area contributed by atoms with E-state index in [0.717, 1.165) is 58.1 Å². The zero-order valence-electron chi connectivity index (χ0n) is 18.4. The molecule has 1 aromatic carbocycles. The molecule has 0 saturated heterocycles. The quantitative estimate of drug-likeness (QED) is 0.740. The Hall–Kier alpha value is -1.39. The molecule has 2 atom stereocenters. The van der Waals surface area contributed by atoms with E-state index in [4.69, 9.17) is 10.5 Å². The van der Waals surface area contributed by atoms with Crippen LogP contribution in [0.15, 0.2) is 30.3 Å². The number of carbonyl (C=O) groups is 1. The van der Waals surface area contributed by atoms with Crippen molar-refractivity contribution in [3.63, 3.8) is 0 Å². The molecule has 0 spiro atoms. The molecular formula is C26H38N2O2. The summed E-state index contributed by atoms with van der Waals surface area (Å²) >= 11 is 0. The van der Waals surface area contributed by atoms with Crippen molar-refractivity contribution >= 4 is 5.91 Å². The Morgan fingerprint density at radius 3 is 2.33 bits per heavy atom. The molecule has 2 unspecified atom stereocenters. The lowest BCUT2D eigenvalue weighted by atomic mass is 9.41. The Morgan fingerprint density at radius 1 is 1.07 bits per heavy atom. The highest BCUT2D eigenvalue weighted by Crippen LogP contribution is 2.66. The van der Waals surface area contributed by atoms with E-state index in [1.807, 2.05) is 0 Å². The van der Waals surface area contributed by atoms with Crippen molar-refractivity contribution in [3.8, 4) is 0 Å². The standard InChI is InChI=1S/C26H38N2O2/c1-2-30-23-19-12-25(21-6-4-3-5-7-21)13-20(23)15-26(14-19,17-25)24(29)28-22-10-8-18(16-27)9-11-22/h3-7,18-20,22-23H,2,8-17,27H2,1H3,(H,28,29). The molecule has 0 radical (unpaired) electrons. The summed E-state index contributed by atoms with van der Waals surface area (Å²) in [5, 5.41) is 3.52. The van der Waals surface area contributed by atoms with Crippen molar-refractivity contribution in [2.75, 3.05) is 13.2 Å². The second-order valence-corrected chi connectivity index (χ2v) is 10.8. The number of benzene rings is 1. The Labute approximate surface area is 181 Å². The maximum atomic E-state index is 13.8. The van der Waals surface area contributed by atoms with Gasteiger partial charge in [0.25, 0.3) is 0 Å². The van der Waals surface area contributed by atoms with Crippen LogP contribution in [0.5, 0.6) is 0 Å². The first-order valence-electron chi connectivity index (χ1n) is 12.3. The minimum absolute atomic E-state index is 0.148. The molecule has 0 aromatic heterocycles. The summed E-state index contributed by atoms with van der Waals surface area (Å²) in [6, 6.07) is 11.4. The summed E-state index contributed by atoms with van der Waals surface area (Å²) < 4.78 is 6.25.